The van der Waals surface area contributed by atoms with Crippen molar-refractivity contribution in [2.45, 2.75) is 13.1 Å². The molecule has 6 nitrogen and oxygen atoms in total. The number of aliphatic imine (C=N–C) groups is 1. The molecule has 138 valence electrons. The summed E-state index contributed by atoms with van der Waals surface area (Å²) in [6, 6.07) is 21.3. The number of nitrogens with zero attached hydrogens (tertiary/aromatic N) is 2. The van der Waals surface area contributed by atoms with E-state index in [9.17, 15) is 10.2 Å². The number of amidine groups is 1. The first-order chi connectivity index (χ1) is 13.1. The molecule has 6 N–H and O–H groups in total. The van der Waals surface area contributed by atoms with Crippen molar-refractivity contribution < 1.29 is 10.2 Å². The van der Waals surface area contributed by atoms with Crippen LogP contribution in [0.3, 0.4) is 0 Å². The molecule has 0 fully saturated rings. The van der Waals surface area contributed by atoms with Gasteiger partial charge in [-0.15, -0.1) is 0 Å². The van der Waals surface area contributed by atoms with Crippen LogP contribution in [0.2, 0.25) is 0 Å². The molecule has 0 radical (unpaired) electrons. The summed E-state index contributed by atoms with van der Waals surface area (Å²) >= 11 is 0. The maximum atomic E-state index is 10.3. The van der Waals surface area contributed by atoms with Crippen LogP contribution in [0, 0.1) is 0 Å². The molecule has 6 heteroatoms. The number of phenols is 2. The Hall–Kier alpha value is -3.35. The van der Waals surface area contributed by atoms with Crippen LogP contribution < -0.4 is 16.6 Å². The molecule has 0 heterocycles. The Morgan fingerprint density at radius 3 is 2.11 bits per heavy atom. The van der Waals surface area contributed by atoms with E-state index in [0.29, 0.717) is 29.2 Å². The van der Waals surface area contributed by atoms with Gasteiger partial charge in [0.25, 0.3) is 0 Å². The zero-order valence-electron chi connectivity index (χ0n) is 14.8. The fourth-order valence-electron chi connectivity index (χ4n) is 2.67. The van der Waals surface area contributed by atoms with Crippen LogP contribution in [0.4, 0.5) is 5.69 Å². The molecule has 0 aliphatic carbocycles. The lowest BCUT2D eigenvalue weighted by atomic mass is 10.1. The van der Waals surface area contributed by atoms with Crippen molar-refractivity contribution in [2.24, 2.45) is 16.6 Å². The van der Waals surface area contributed by atoms with Crippen molar-refractivity contribution in [1.29, 1.82) is 0 Å². The molecule has 27 heavy (non-hydrogen) atoms. The van der Waals surface area contributed by atoms with Crippen molar-refractivity contribution >= 4 is 11.5 Å². The molecule has 0 atom stereocenters. The van der Waals surface area contributed by atoms with E-state index < -0.39 is 0 Å². The number of hydrogen-bond acceptors (Lipinski definition) is 5. The van der Waals surface area contributed by atoms with Gasteiger partial charge in [-0.1, -0.05) is 42.5 Å². The van der Waals surface area contributed by atoms with Gasteiger partial charge in [-0.2, -0.15) is 0 Å². The molecule has 0 spiro atoms. The van der Waals surface area contributed by atoms with Crippen LogP contribution in [0.15, 0.2) is 77.8 Å². The second kappa shape index (κ2) is 8.35. The molecule has 0 bridgehead atoms. The fraction of sp³-hybridized carbons (Fsp3) is 0.0952. The molecule has 0 aromatic heterocycles. The molecule has 3 rings (SSSR count). The normalized spacial score (nSPS) is 11.4. The van der Waals surface area contributed by atoms with Crippen LogP contribution in [0.25, 0.3) is 0 Å². The summed E-state index contributed by atoms with van der Waals surface area (Å²) in [5.41, 5.74) is 8.50. The lowest BCUT2D eigenvalue weighted by Gasteiger charge is -2.22. The number of benzene rings is 3. The van der Waals surface area contributed by atoms with Crippen molar-refractivity contribution in [2.75, 3.05) is 5.01 Å². The van der Waals surface area contributed by atoms with Crippen molar-refractivity contribution in [3.8, 4) is 11.5 Å². The lowest BCUT2D eigenvalue weighted by Crippen LogP contribution is -2.38. The third kappa shape index (κ3) is 4.25. The van der Waals surface area contributed by atoms with Gasteiger partial charge in [-0.05, 0) is 35.9 Å². The van der Waals surface area contributed by atoms with E-state index in [2.05, 4.69) is 4.99 Å². The van der Waals surface area contributed by atoms with E-state index in [1.807, 2.05) is 30.3 Å². The number of nitrogens with two attached hydrogens (primary N) is 2. The molecule has 0 aliphatic heterocycles. The van der Waals surface area contributed by atoms with E-state index in [1.165, 1.54) is 5.01 Å². The minimum atomic E-state index is 0.0718. The zero-order chi connectivity index (χ0) is 19.2. The Bertz CT molecular complexity index is 939. The van der Waals surface area contributed by atoms with E-state index in [0.717, 1.165) is 5.56 Å². The number of para-hydroxylation sites is 2. The summed E-state index contributed by atoms with van der Waals surface area (Å²) in [5.74, 6) is 6.95. The van der Waals surface area contributed by atoms with Crippen LogP contribution in [-0.2, 0) is 13.1 Å². The van der Waals surface area contributed by atoms with Crippen molar-refractivity contribution in [1.82, 2.24) is 0 Å². The Kier molecular flexibility index (Phi) is 5.71. The standard InChI is InChI=1S/C21H22N4O2/c22-13-15-9-11-17(12-10-15)25(23)21(18-6-2-4-8-20(18)27)24-14-16-5-1-3-7-19(16)26/h1-12,26-27H,13-14,22-23H2. The Labute approximate surface area is 158 Å². The van der Waals surface area contributed by atoms with Gasteiger partial charge in [-0.25, -0.2) is 5.84 Å². The number of hydrazine groups is 1. The van der Waals surface area contributed by atoms with Crippen molar-refractivity contribution in [3.63, 3.8) is 0 Å². The molecule has 3 aromatic rings. The molecule has 0 unspecified atom stereocenters. The molecular formula is C21H22N4O2. The highest BCUT2D eigenvalue weighted by atomic mass is 16.3. The number of anilines is 1. The highest BCUT2D eigenvalue weighted by Crippen LogP contribution is 2.23. The largest absolute Gasteiger partial charge is 0.508 e. The first-order valence-corrected chi connectivity index (χ1v) is 8.53. The molecule has 0 aliphatic rings. The number of aromatic hydroxyl groups is 2. The summed E-state index contributed by atoms with van der Waals surface area (Å²) in [6.07, 6.45) is 0. The summed E-state index contributed by atoms with van der Waals surface area (Å²) in [7, 11) is 0. The van der Waals surface area contributed by atoms with Gasteiger partial charge < -0.3 is 15.9 Å². The summed E-state index contributed by atoms with van der Waals surface area (Å²) in [4.78, 5) is 4.58. The predicted octanol–water partition coefficient (Wildman–Crippen LogP) is 2.88. The van der Waals surface area contributed by atoms with Crippen molar-refractivity contribution in [3.05, 3.63) is 89.5 Å². The molecule has 0 saturated heterocycles. The SMILES string of the molecule is NCc1ccc(N(N)C(=NCc2ccccc2O)c2ccccc2O)cc1. The smallest absolute Gasteiger partial charge is 0.154 e. The second-order valence-corrected chi connectivity index (χ2v) is 6.03. The maximum Gasteiger partial charge on any atom is 0.154 e. The molecule has 0 saturated carbocycles. The minimum absolute atomic E-state index is 0.0718. The first kappa shape index (κ1) is 18.4. The van der Waals surface area contributed by atoms with Gasteiger partial charge >= 0.3 is 0 Å². The Balaban J connectivity index is 2.00. The fourth-order valence-corrected chi connectivity index (χ4v) is 2.67. The maximum absolute atomic E-state index is 10.3. The molecule has 0 amide bonds. The lowest BCUT2D eigenvalue weighted by molar-refractivity contribution is 0.468. The minimum Gasteiger partial charge on any atom is -0.508 e. The third-order valence-corrected chi connectivity index (χ3v) is 4.21. The van der Waals surface area contributed by atoms with Crippen LogP contribution >= 0.6 is 0 Å². The van der Waals surface area contributed by atoms with E-state index in [-0.39, 0.29) is 18.0 Å². The van der Waals surface area contributed by atoms with Gasteiger partial charge in [0, 0.05) is 12.1 Å². The van der Waals surface area contributed by atoms with Gasteiger partial charge in [0.05, 0.1) is 17.8 Å². The van der Waals surface area contributed by atoms with E-state index in [1.54, 1.807) is 42.5 Å². The third-order valence-electron chi connectivity index (χ3n) is 4.21. The summed E-state index contributed by atoms with van der Waals surface area (Å²) in [6.45, 7) is 0.656. The average Bonchev–Trinajstić information content (AvgIpc) is 2.70. The monoisotopic (exact) mass is 362 g/mol. The molecule has 3 aromatic carbocycles. The van der Waals surface area contributed by atoms with Crippen LogP contribution in [0.5, 0.6) is 11.5 Å². The van der Waals surface area contributed by atoms with Gasteiger partial charge in [-0.3, -0.25) is 10.0 Å². The summed E-state index contributed by atoms with van der Waals surface area (Å²) < 4.78 is 0. The highest BCUT2D eigenvalue weighted by Gasteiger charge is 2.16. The quantitative estimate of drug-likeness (QED) is 0.242. The zero-order valence-corrected chi connectivity index (χ0v) is 14.8. The average molecular weight is 362 g/mol. The topological polar surface area (TPSA) is 108 Å². The van der Waals surface area contributed by atoms with Crippen LogP contribution in [0.1, 0.15) is 16.7 Å². The second-order valence-electron chi connectivity index (χ2n) is 6.03. The Morgan fingerprint density at radius 1 is 0.852 bits per heavy atom. The van der Waals surface area contributed by atoms with E-state index in [4.69, 9.17) is 11.6 Å². The summed E-state index contributed by atoms with van der Waals surface area (Å²) in [5, 5.41) is 21.7. The first-order valence-electron chi connectivity index (χ1n) is 8.53. The van der Waals surface area contributed by atoms with Gasteiger partial charge in [0.15, 0.2) is 5.84 Å². The Morgan fingerprint density at radius 2 is 1.48 bits per heavy atom. The number of phenolic OH excluding ortho intramolecular Hbond substituents is 2. The number of hydrogen-bond donors (Lipinski definition) is 4. The number of rotatable bonds is 5. The predicted molar refractivity (Wildman–Crippen MR) is 107 cm³/mol. The van der Waals surface area contributed by atoms with Gasteiger partial charge in [0.2, 0.25) is 0 Å². The van der Waals surface area contributed by atoms with Crippen LogP contribution in [-0.4, -0.2) is 16.0 Å². The molecular weight excluding hydrogens is 340 g/mol. The highest BCUT2D eigenvalue weighted by molar-refractivity contribution is 6.10. The van der Waals surface area contributed by atoms with Gasteiger partial charge in [0.1, 0.15) is 11.5 Å². The van der Waals surface area contributed by atoms with E-state index >= 15 is 0 Å².